The molecule has 0 aliphatic heterocycles. The number of halogens is 3. The highest BCUT2D eigenvalue weighted by Gasteiger charge is 2.28. The number of aromatic nitrogens is 2. The molecule has 2 heterocycles. The first-order valence-corrected chi connectivity index (χ1v) is 7.96. The summed E-state index contributed by atoms with van der Waals surface area (Å²) in [7, 11) is 0. The Labute approximate surface area is 144 Å². The fourth-order valence-electron chi connectivity index (χ4n) is 1.98. The highest BCUT2D eigenvalue weighted by molar-refractivity contribution is 7.22. The maximum atomic E-state index is 12.2. The molecular weight excluding hydrogens is 355 g/mol. The zero-order valence-corrected chi connectivity index (χ0v) is 13.7. The van der Waals surface area contributed by atoms with E-state index >= 15 is 0 Å². The van der Waals surface area contributed by atoms with Gasteiger partial charge in [0, 0.05) is 11.9 Å². The van der Waals surface area contributed by atoms with E-state index in [2.05, 4.69) is 15.3 Å². The first kappa shape index (κ1) is 17.2. The monoisotopic (exact) mass is 367 g/mol. The lowest BCUT2D eigenvalue weighted by molar-refractivity contribution is -0.153. The van der Waals surface area contributed by atoms with Gasteiger partial charge in [0.2, 0.25) is 0 Å². The second-order valence-corrected chi connectivity index (χ2v) is 6.23. The molecule has 0 saturated carbocycles. The molecule has 3 rings (SSSR count). The van der Waals surface area contributed by atoms with Crippen molar-refractivity contribution < 1.29 is 22.7 Å². The van der Waals surface area contributed by atoms with Gasteiger partial charge < -0.3 is 4.74 Å². The van der Waals surface area contributed by atoms with Gasteiger partial charge in [-0.15, -0.1) is 0 Å². The van der Waals surface area contributed by atoms with Gasteiger partial charge in [-0.05, 0) is 37.3 Å². The van der Waals surface area contributed by atoms with Gasteiger partial charge in [0.25, 0.3) is 5.91 Å². The number of alkyl halides is 3. The molecule has 25 heavy (non-hydrogen) atoms. The minimum absolute atomic E-state index is 0.0917. The maximum Gasteiger partial charge on any atom is 0.422 e. The van der Waals surface area contributed by atoms with Gasteiger partial charge in [-0.2, -0.15) is 13.2 Å². The number of amides is 1. The third-order valence-corrected chi connectivity index (χ3v) is 4.09. The molecule has 130 valence electrons. The molecule has 0 aliphatic carbocycles. The van der Waals surface area contributed by atoms with E-state index < -0.39 is 12.8 Å². The number of fused-ring (bicyclic) bond motifs is 1. The molecule has 0 bridgehead atoms. The van der Waals surface area contributed by atoms with E-state index in [4.69, 9.17) is 4.74 Å². The van der Waals surface area contributed by atoms with Crippen LogP contribution in [-0.2, 0) is 0 Å². The number of hydrogen-bond acceptors (Lipinski definition) is 5. The Morgan fingerprint density at radius 3 is 2.76 bits per heavy atom. The van der Waals surface area contributed by atoms with Crippen LogP contribution in [0.4, 0.5) is 18.3 Å². The van der Waals surface area contributed by atoms with E-state index in [-0.39, 0.29) is 11.7 Å². The van der Waals surface area contributed by atoms with Crippen molar-refractivity contribution in [3.8, 4) is 5.75 Å². The number of ether oxygens (including phenoxy) is 1. The van der Waals surface area contributed by atoms with E-state index in [0.717, 1.165) is 17.0 Å². The van der Waals surface area contributed by atoms with Gasteiger partial charge in [-0.1, -0.05) is 11.3 Å². The Bertz CT molecular complexity index is 907. The third kappa shape index (κ3) is 4.44. The van der Waals surface area contributed by atoms with E-state index in [0.29, 0.717) is 20.9 Å². The SMILES string of the molecule is Cc1ccc(C(=O)Nc2nc3ccc(OCC(F)(F)F)cc3s2)cn1. The zero-order chi connectivity index (χ0) is 18.0. The highest BCUT2D eigenvalue weighted by Crippen LogP contribution is 2.30. The summed E-state index contributed by atoms with van der Waals surface area (Å²) < 4.78 is 41.9. The molecule has 0 saturated heterocycles. The Morgan fingerprint density at radius 2 is 2.08 bits per heavy atom. The number of benzene rings is 1. The second-order valence-electron chi connectivity index (χ2n) is 5.19. The molecule has 0 spiro atoms. The van der Waals surface area contributed by atoms with Gasteiger partial charge in [-0.3, -0.25) is 15.1 Å². The lowest BCUT2D eigenvalue weighted by atomic mass is 10.2. The second kappa shape index (κ2) is 6.67. The van der Waals surface area contributed by atoms with Crippen LogP contribution in [0.5, 0.6) is 5.75 Å². The Kier molecular flexibility index (Phi) is 4.58. The average molecular weight is 367 g/mol. The molecule has 0 radical (unpaired) electrons. The zero-order valence-electron chi connectivity index (χ0n) is 12.9. The molecule has 0 fully saturated rings. The summed E-state index contributed by atoms with van der Waals surface area (Å²) in [4.78, 5) is 20.4. The number of hydrogen-bond donors (Lipinski definition) is 1. The molecule has 3 aromatic rings. The number of aryl methyl sites for hydroxylation is 1. The Hall–Kier alpha value is -2.68. The van der Waals surface area contributed by atoms with Crippen LogP contribution in [0.15, 0.2) is 36.5 Å². The molecule has 9 heteroatoms. The van der Waals surface area contributed by atoms with Crippen molar-refractivity contribution in [3.05, 3.63) is 47.8 Å². The molecule has 0 unspecified atom stereocenters. The Balaban J connectivity index is 1.74. The van der Waals surface area contributed by atoms with Crippen LogP contribution in [-0.4, -0.2) is 28.7 Å². The average Bonchev–Trinajstić information content (AvgIpc) is 2.94. The number of carbonyl (C=O) groups is 1. The number of carbonyl (C=O) groups excluding carboxylic acids is 1. The van der Waals surface area contributed by atoms with Crippen molar-refractivity contribution in [2.45, 2.75) is 13.1 Å². The molecule has 5 nitrogen and oxygen atoms in total. The first-order valence-electron chi connectivity index (χ1n) is 7.14. The summed E-state index contributed by atoms with van der Waals surface area (Å²) in [5, 5.41) is 2.99. The number of thiazole rings is 1. The lowest BCUT2D eigenvalue weighted by Gasteiger charge is -2.08. The van der Waals surface area contributed by atoms with Crippen molar-refractivity contribution >= 4 is 32.6 Å². The van der Waals surface area contributed by atoms with Crippen LogP contribution in [0.3, 0.4) is 0 Å². The lowest BCUT2D eigenvalue weighted by Crippen LogP contribution is -2.19. The van der Waals surface area contributed by atoms with Crippen LogP contribution in [0.1, 0.15) is 16.1 Å². The Morgan fingerprint density at radius 1 is 1.28 bits per heavy atom. The molecule has 1 N–H and O–H groups in total. The fraction of sp³-hybridized carbons (Fsp3) is 0.188. The fourth-order valence-corrected chi connectivity index (χ4v) is 2.87. The topological polar surface area (TPSA) is 64.1 Å². The largest absolute Gasteiger partial charge is 0.484 e. The predicted octanol–water partition coefficient (Wildman–Crippen LogP) is 4.19. The van der Waals surface area contributed by atoms with Crippen LogP contribution < -0.4 is 10.1 Å². The van der Waals surface area contributed by atoms with Crippen molar-refractivity contribution in [2.24, 2.45) is 0 Å². The van der Waals surface area contributed by atoms with Crippen molar-refractivity contribution in [2.75, 3.05) is 11.9 Å². The van der Waals surface area contributed by atoms with Gasteiger partial charge in [0.05, 0.1) is 15.8 Å². The number of nitrogens with one attached hydrogen (secondary N) is 1. The minimum Gasteiger partial charge on any atom is -0.484 e. The molecule has 0 atom stereocenters. The number of rotatable bonds is 4. The molecule has 1 amide bonds. The van der Waals surface area contributed by atoms with Crippen LogP contribution in [0.25, 0.3) is 10.2 Å². The van der Waals surface area contributed by atoms with Crippen LogP contribution in [0, 0.1) is 6.92 Å². The quantitative estimate of drug-likeness (QED) is 0.751. The number of anilines is 1. The third-order valence-electron chi connectivity index (χ3n) is 3.16. The molecule has 2 aromatic heterocycles. The van der Waals surface area contributed by atoms with Crippen LogP contribution in [0.2, 0.25) is 0 Å². The summed E-state index contributed by atoms with van der Waals surface area (Å²) in [6, 6.07) is 7.78. The highest BCUT2D eigenvalue weighted by atomic mass is 32.1. The first-order chi connectivity index (χ1) is 11.8. The number of nitrogens with zero attached hydrogens (tertiary/aromatic N) is 2. The van der Waals surface area contributed by atoms with Crippen molar-refractivity contribution in [1.82, 2.24) is 9.97 Å². The maximum absolute atomic E-state index is 12.2. The smallest absolute Gasteiger partial charge is 0.422 e. The van der Waals surface area contributed by atoms with Gasteiger partial charge in [0.15, 0.2) is 11.7 Å². The van der Waals surface area contributed by atoms with Crippen molar-refractivity contribution in [1.29, 1.82) is 0 Å². The number of pyridine rings is 1. The van der Waals surface area contributed by atoms with Gasteiger partial charge in [-0.25, -0.2) is 4.98 Å². The van der Waals surface area contributed by atoms with Crippen LogP contribution >= 0.6 is 11.3 Å². The van der Waals surface area contributed by atoms with E-state index in [1.807, 2.05) is 6.92 Å². The normalized spacial score (nSPS) is 11.5. The van der Waals surface area contributed by atoms with Gasteiger partial charge >= 0.3 is 6.18 Å². The summed E-state index contributed by atoms with van der Waals surface area (Å²) in [5.41, 5.74) is 1.74. The molecular formula is C16H12F3N3O2S. The summed E-state index contributed by atoms with van der Waals surface area (Å²) >= 11 is 1.15. The summed E-state index contributed by atoms with van der Waals surface area (Å²) in [6.45, 7) is 0.453. The van der Waals surface area contributed by atoms with E-state index in [1.54, 1.807) is 18.2 Å². The molecule has 1 aromatic carbocycles. The minimum atomic E-state index is -4.40. The van der Waals surface area contributed by atoms with Gasteiger partial charge in [0.1, 0.15) is 5.75 Å². The van der Waals surface area contributed by atoms with Crippen molar-refractivity contribution in [3.63, 3.8) is 0 Å². The summed E-state index contributed by atoms with van der Waals surface area (Å²) in [6.07, 6.45) is -2.94. The van der Waals surface area contributed by atoms with E-state index in [1.165, 1.54) is 18.3 Å². The summed E-state index contributed by atoms with van der Waals surface area (Å²) in [5.74, 6) is -0.269. The predicted molar refractivity (Wildman–Crippen MR) is 88.1 cm³/mol. The standard InChI is InChI=1S/C16H12F3N3O2S/c1-9-2-3-10(7-20-9)14(23)22-15-21-12-5-4-11(6-13(12)25-15)24-8-16(17,18)19/h2-7H,8H2,1H3,(H,21,22,23). The van der Waals surface area contributed by atoms with E-state index in [9.17, 15) is 18.0 Å². The molecule has 0 aliphatic rings.